The second-order valence-electron chi connectivity index (χ2n) is 12.2. The lowest BCUT2D eigenvalue weighted by Gasteiger charge is -2.17. The monoisotopic (exact) mass is 628 g/mol. The van der Waals surface area contributed by atoms with Gasteiger partial charge in [0, 0.05) is 32.6 Å². The van der Waals surface area contributed by atoms with Gasteiger partial charge in [-0.15, -0.1) is 0 Å². The van der Waals surface area contributed by atoms with E-state index in [-0.39, 0.29) is 6.42 Å². The maximum Gasteiger partial charge on any atom is 0.229 e. The molecule has 0 N–H and O–H groups in total. The summed E-state index contributed by atoms with van der Waals surface area (Å²) in [5, 5.41) is 16.2. The average Bonchev–Trinajstić information content (AvgIpc) is 3.81. The Balaban J connectivity index is 1.40. The van der Waals surface area contributed by atoms with Crippen molar-refractivity contribution in [2.45, 2.75) is 13.3 Å². The predicted molar refractivity (Wildman–Crippen MR) is 202 cm³/mol. The van der Waals surface area contributed by atoms with Gasteiger partial charge in [0.15, 0.2) is 0 Å². The molecular formula is C44H28N4O. The molecule has 0 aliphatic rings. The lowest BCUT2D eigenvalue weighted by molar-refractivity contribution is 0.673. The van der Waals surface area contributed by atoms with Crippen molar-refractivity contribution >= 4 is 76.9 Å². The maximum atomic E-state index is 9.87. The molecule has 0 unspecified atom stereocenters. The van der Waals surface area contributed by atoms with E-state index in [2.05, 4.69) is 92.8 Å². The van der Waals surface area contributed by atoms with E-state index in [1.165, 1.54) is 0 Å². The highest BCUT2D eigenvalue weighted by molar-refractivity contribution is 6.25. The molecule has 0 saturated heterocycles. The smallest absolute Gasteiger partial charge is 0.229 e. The van der Waals surface area contributed by atoms with E-state index in [4.69, 9.17) is 11.0 Å². The third kappa shape index (κ3) is 4.23. The summed E-state index contributed by atoms with van der Waals surface area (Å²) in [6.07, 6.45) is 2.03. The van der Waals surface area contributed by atoms with Crippen molar-refractivity contribution in [3.63, 3.8) is 0 Å². The van der Waals surface area contributed by atoms with Gasteiger partial charge in [-0.2, -0.15) is 5.26 Å². The van der Waals surface area contributed by atoms with Crippen LogP contribution in [0.2, 0.25) is 0 Å². The summed E-state index contributed by atoms with van der Waals surface area (Å²) in [5.41, 5.74) is 9.66. The van der Waals surface area contributed by atoms with Crippen molar-refractivity contribution in [1.82, 2.24) is 9.13 Å². The molecule has 9 aromatic rings. The van der Waals surface area contributed by atoms with Crippen molar-refractivity contribution in [2.75, 3.05) is 0 Å². The summed E-state index contributed by atoms with van der Waals surface area (Å²) in [6, 6.07) is 48.1. The molecule has 5 nitrogen and oxygen atoms in total. The van der Waals surface area contributed by atoms with Gasteiger partial charge >= 0.3 is 0 Å². The molecule has 0 aliphatic carbocycles. The molecule has 3 heterocycles. The first kappa shape index (κ1) is 28.4. The molecule has 0 saturated carbocycles. The first-order valence-corrected chi connectivity index (χ1v) is 16.3. The van der Waals surface area contributed by atoms with Gasteiger partial charge in [0.25, 0.3) is 0 Å². The molecule has 6 aromatic carbocycles. The Morgan fingerprint density at radius 1 is 0.673 bits per heavy atom. The number of aromatic nitrogens is 2. The normalized spacial score (nSPS) is 12.7. The van der Waals surface area contributed by atoms with Gasteiger partial charge in [-0.3, -0.25) is 0 Å². The summed E-state index contributed by atoms with van der Waals surface area (Å²) < 4.78 is 10.9. The number of hydrogen-bond acceptors (Lipinski definition) is 2. The highest BCUT2D eigenvalue weighted by atomic mass is 16.3. The van der Waals surface area contributed by atoms with Crippen LogP contribution in [-0.2, 0) is 0 Å². The molecule has 5 heteroatoms. The average molecular weight is 629 g/mol. The second-order valence-corrected chi connectivity index (χ2v) is 12.2. The van der Waals surface area contributed by atoms with Crippen LogP contribution in [0, 0.1) is 17.9 Å². The van der Waals surface area contributed by atoms with Gasteiger partial charge in [0.1, 0.15) is 11.2 Å². The molecule has 230 valence electrons. The molecule has 3 aromatic heterocycles. The number of benzene rings is 6. The van der Waals surface area contributed by atoms with Gasteiger partial charge in [-0.1, -0.05) is 97.1 Å². The molecule has 0 fully saturated rings. The largest absolute Gasteiger partial charge is 0.455 e. The zero-order valence-electron chi connectivity index (χ0n) is 26.7. The predicted octanol–water partition coefficient (Wildman–Crippen LogP) is 12.0. The Morgan fingerprint density at radius 2 is 1.31 bits per heavy atom. The first-order chi connectivity index (χ1) is 24.2. The van der Waals surface area contributed by atoms with E-state index in [0.717, 1.165) is 82.4 Å². The molecular weight excluding hydrogens is 601 g/mol. The zero-order valence-corrected chi connectivity index (χ0v) is 26.7. The lowest BCUT2D eigenvalue weighted by atomic mass is 10.0. The first-order valence-electron chi connectivity index (χ1n) is 16.3. The fourth-order valence-electron chi connectivity index (χ4n) is 7.51. The quantitative estimate of drug-likeness (QED) is 0.141. The topological polar surface area (TPSA) is 51.1 Å². The Kier molecular flexibility index (Phi) is 6.47. The van der Waals surface area contributed by atoms with E-state index >= 15 is 0 Å². The fraction of sp³-hybridized carbons (Fsp3) is 0.0455. The van der Waals surface area contributed by atoms with E-state index in [0.29, 0.717) is 11.4 Å². The minimum atomic E-state index is 0.144. The molecule has 9 rings (SSSR count). The van der Waals surface area contributed by atoms with Crippen molar-refractivity contribution in [1.29, 1.82) is 5.26 Å². The summed E-state index contributed by atoms with van der Waals surface area (Å²) >= 11 is 0. The van der Waals surface area contributed by atoms with Gasteiger partial charge in [-0.05, 0) is 60.5 Å². The molecule has 0 amide bonds. The minimum absolute atomic E-state index is 0.144. The highest BCUT2D eigenvalue weighted by Crippen LogP contribution is 2.44. The van der Waals surface area contributed by atoms with Crippen LogP contribution in [-0.4, -0.2) is 9.13 Å². The number of fused-ring (bicyclic) bond motifs is 10. The minimum Gasteiger partial charge on any atom is -0.455 e. The third-order valence-corrected chi connectivity index (χ3v) is 9.62. The van der Waals surface area contributed by atoms with Crippen LogP contribution in [0.15, 0.2) is 150 Å². The number of allylic oxidation sites excluding steroid dienone is 3. The van der Waals surface area contributed by atoms with E-state index in [1.807, 2.05) is 73.7 Å². The van der Waals surface area contributed by atoms with Crippen LogP contribution in [0.1, 0.15) is 13.3 Å². The molecule has 49 heavy (non-hydrogen) atoms. The number of nitriles is 1. The second kappa shape index (κ2) is 11.2. The van der Waals surface area contributed by atoms with E-state index < -0.39 is 0 Å². The van der Waals surface area contributed by atoms with Gasteiger partial charge in [0.2, 0.25) is 5.70 Å². The summed E-state index contributed by atoms with van der Waals surface area (Å²) in [5.74, 6) is 0. The van der Waals surface area contributed by atoms with Crippen molar-refractivity contribution in [2.24, 2.45) is 0 Å². The van der Waals surface area contributed by atoms with E-state index in [9.17, 15) is 5.26 Å². The van der Waals surface area contributed by atoms with Crippen molar-refractivity contribution in [3.8, 4) is 17.2 Å². The summed E-state index contributed by atoms with van der Waals surface area (Å²) in [6.45, 7) is 10.6. The Labute approximate surface area is 282 Å². The highest BCUT2D eigenvalue weighted by Gasteiger charge is 2.24. The van der Waals surface area contributed by atoms with Crippen LogP contribution in [0.3, 0.4) is 0 Å². The number of nitrogens with zero attached hydrogens (tertiary/aromatic N) is 4. The van der Waals surface area contributed by atoms with Crippen LogP contribution in [0.25, 0.3) is 92.9 Å². The molecule has 0 bridgehead atoms. The van der Waals surface area contributed by atoms with E-state index in [1.54, 1.807) is 0 Å². The summed E-state index contributed by atoms with van der Waals surface area (Å²) in [7, 11) is 0. The molecule has 0 aliphatic heterocycles. The number of rotatable bonds is 5. The standard InChI is InChI=1S/C44H28N4O/c1-28(47-36-18-9-6-15-31(36)32-16-7-10-19-37(32)47)43(46-2)40(20-12-26-45)48-38-24-22-30(29-13-4-3-5-14-29)27-35(38)42-39(48)25-23-34-33-17-8-11-21-41(33)49-44(34)42/h3-11,13-25,27H,12H2,1H3/b40-20+,43-28-. The number of para-hydroxylation sites is 3. The maximum absolute atomic E-state index is 9.87. The number of hydrogen-bond donors (Lipinski definition) is 0. The van der Waals surface area contributed by atoms with Gasteiger partial charge in [-0.25, -0.2) is 4.85 Å². The SMILES string of the molecule is [C-]#[N+]C(=C(/C)n1c2ccccc2c2ccccc21)/C(=C\CC#N)n1c2ccc(-c3ccccc3)cc2c2c3oc4ccccc4c3ccc21. The van der Waals surface area contributed by atoms with Gasteiger partial charge in [0.05, 0.1) is 52.2 Å². The molecule has 0 spiro atoms. The van der Waals surface area contributed by atoms with Crippen LogP contribution in [0.4, 0.5) is 0 Å². The third-order valence-electron chi connectivity index (χ3n) is 9.62. The Bertz CT molecular complexity index is 2880. The zero-order chi connectivity index (χ0) is 33.1. The van der Waals surface area contributed by atoms with Crippen LogP contribution >= 0.6 is 0 Å². The Morgan fingerprint density at radius 3 is 2.02 bits per heavy atom. The Hall–Kier alpha value is -6.82. The van der Waals surface area contributed by atoms with Gasteiger partial charge < -0.3 is 13.6 Å². The fourth-order valence-corrected chi connectivity index (χ4v) is 7.51. The number of furan rings is 1. The van der Waals surface area contributed by atoms with Crippen LogP contribution < -0.4 is 0 Å². The molecule has 0 radical (unpaired) electrons. The van der Waals surface area contributed by atoms with Crippen LogP contribution in [0.5, 0.6) is 0 Å². The van der Waals surface area contributed by atoms with Crippen molar-refractivity contribution in [3.05, 3.63) is 157 Å². The molecule has 0 atom stereocenters. The van der Waals surface area contributed by atoms with Crippen molar-refractivity contribution < 1.29 is 4.42 Å². The summed E-state index contributed by atoms with van der Waals surface area (Å²) in [4.78, 5) is 4.23. The lowest BCUT2D eigenvalue weighted by Crippen LogP contribution is -2.04.